The third-order valence-electron chi connectivity index (χ3n) is 2.78. The molecular weight excluding hydrogens is 324 g/mol. The van der Waals surface area contributed by atoms with Gasteiger partial charge >= 0.3 is 0 Å². The van der Waals surface area contributed by atoms with Crippen molar-refractivity contribution in [2.75, 3.05) is 12.8 Å². The Balaban J connectivity index is 2.68. The maximum absolute atomic E-state index is 11.6. The number of carbonyl (C=O) groups excluding carboxylic acids is 1. The maximum atomic E-state index is 11.6. The summed E-state index contributed by atoms with van der Waals surface area (Å²) in [6.45, 7) is 1.67. The molecular formula is C13H13BrN4O2. The minimum Gasteiger partial charge on any atom is -0.496 e. The lowest BCUT2D eigenvalue weighted by atomic mass is 10.0. The van der Waals surface area contributed by atoms with Gasteiger partial charge in [0.05, 0.1) is 28.5 Å². The summed E-state index contributed by atoms with van der Waals surface area (Å²) in [4.78, 5) is 19.7. The molecule has 0 fully saturated rings. The molecule has 2 aromatic rings. The molecule has 104 valence electrons. The number of amides is 1. The van der Waals surface area contributed by atoms with Crippen molar-refractivity contribution in [3.8, 4) is 17.0 Å². The van der Waals surface area contributed by atoms with Crippen LogP contribution in [-0.2, 0) is 0 Å². The molecule has 2 rings (SSSR count). The van der Waals surface area contributed by atoms with Crippen molar-refractivity contribution in [3.05, 3.63) is 33.9 Å². The topological polar surface area (TPSA) is 104 Å². The second kappa shape index (κ2) is 5.46. The van der Waals surface area contributed by atoms with Gasteiger partial charge in [-0.15, -0.1) is 0 Å². The van der Waals surface area contributed by atoms with Gasteiger partial charge in [-0.3, -0.25) is 4.79 Å². The van der Waals surface area contributed by atoms with Crippen LogP contribution in [0.5, 0.6) is 5.75 Å². The Hall–Kier alpha value is -2.15. The van der Waals surface area contributed by atoms with Gasteiger partial charge in [0.2, 0.25) is 5.95 Å². The first-order valence-electron chi connectivity index (χ1n) is 5.72. The Morgan fingerprint density at radius 1 is 1.35 bits per heavy atom. The number of methoxy groups -OCH3 is 1. The molecule has 0 unspecified atom stereocenters. The highest BCUT2D eigenvalue weighted by Crippen LogP contribution is 2.31. The molecule has 0 aliphatic heterocycles. The molecule has 1 heterocycles. The fourth-order valence-corrected chi connectivity index (χ4v) is 2.45. The third-order valence-corrected chi connectivity index (χ3v) is 3.40. The smallest absolute Gasteiger partial charge is 0.252 e. The normalized spacial score (nSPS) is 10.3. The molecule has 0 aliphatic carbocycles. The zero-order valence-electron chi connectivity index (χ0n) is 11.0. The average molecular weight is 337 g/mol. The zero-order valence-corrected chi connectivity index (χ0v) is 12.6. The number of ether oxygens (including phenoxy) is 1. The van der Waals surface area contributed by atoms with Gasteiger partial charge in [-0.05, 0) is 41.1 Å². The van der Waals surface area contributed by atoms with Crippen LogP contribution in [0.3, 0.4) is 0 Å². The standard InChI is InChI=1S/C13H13BrN4O2/c1-6-10(12(15)19)11(18-13(16)17-6)7-3-4-9(20-2)8(14)5-7/h3-5H,1-2H3,(H2,15,19)(H2,16,17,18). The second-order valence-electron chi connectivity index (χ2n) is 4.10. The van der Waals surface area contributed by atoms with E-state index < -0.39 is 5.91 Å². The molecule has 0 radical (unpaired) electrons. The Bertz CT molecular complexity index is 688. The number of benzene rings is 1. The van der Waals surface area contributed by atoms with Crippen LogP contribution in [0.4, 0.5) is 5.95 Å². The lowest BCUT2D eigenvalue weighted by molar-refractivity contribution is 0.0999. The summed E-state index contributed by atoms with van der Waals surface area (Å²) in [7, 11) is 1.57. The highest BCUT2D eigenvalue weighted by molar-refractivity contribution is 9.10. The van der Waals surface area contributed by atoms with Crippen molar-refractivity contribution in [2.24, 2.45) is 5.73 Å². The minimum absolute atomic E-state index is 0.0921. The van der Waals surface area contributed by atoms with Crippen LogP contribution in [-0.4, -0.2) is 23.0 Å². The molecule has 4 N–H and O–H groups in total. The maximum Gasteiger partial charge on any atom is 0.252 e. The fourth-order valence-electron chi connectivity index (χ4n) is 1.91. The molecule has 0 atom stereocenters. The third kappa shape index (κ3) is 2.57. The van der Waals surface area contributed by atoms with Gasteiger partial charge < -0.3 is 16.2 Å². The summed E-state index contributed by atoms with van der Waals surface area (Å²) in [5.74, 6) is 0.173. The van der Waals surface area contributed by atoms with Gasteiger partial charge in [0.1, 0.15) is 5.75 Å². The summed E-state index contributed by atoms with van der Waals surface area (Å²) in [5.41, 5.74) is 12.9. The number of carbonyl (C=O) groups is 1. The Kier molecular flexibility index (Phi) is 3.89. The number of hydrogen-bond acceptors (Lipinski definition) is 5. The van der Waals surface area contributed by atoms with Crippen molar-refractivity contribution >= 4 is 27.8 Å². The van der Waals surface area contributed by atoms with Crippen molar-refractivity contribution in [3.63, 3.8) is 0 Å². The first-order valence-corrected chi connectivity index (χ1v) is 6.51. The van der Waals surface area contributed by atoms with Crippen LogP contribution in [0.2, 0.25) is 0 Å². The van der Waals surface area contributed by atoms with E-state index in [1.807, 2.05) is 0 Å². The monoisotopic (exact) mass is 336 g/mol. The Morgan fingerprint density at radius 3 is 2.60 bits per heavy atom. The quantitative estimate of drug-likeness (QED) is 0.890. The number of rotatable bonds is 3. The fraction of sp³-hybridized carbons (Fsp3) is 0.154. The molecule has 7 heteroatoms. The van der Waals surface area contributed by atoms with Gasteiger partial charge in [-0.2, -0.15) is 0 Å². The van der Waals surface area contributed by atoms with E-state index in [0.717, 1.165) is 4.47 Å². The molecule has 0 saturated carbocycles. The predicted molar refractivity (Wildman–Crippen MR) is 79.4 cm³/mol. The van der Waals surface area contributed by atoms with Crippen molar-refractivity contribution in [2.45, 2.75) is 6.92 Å². The van der Waals surface area contributed by atoms with E-state index in [1.165, 1.54) is 0 Å². The van der Waals surface area contributed by atoms with Crippen LogP contribution >= 0.6 is 15.9 Å². The summed E-state index contributed by atoms with van der Waals surface area (Å²) in [6, 6.07) is 5.32. The van der Waals surface area contributed by atoms with Crippen molar-refractivity contribution in [1.29, 1.82) is 0 Å². The van der Waals surface area contributed by atoms with E-state index >= 15 is 0 Å². The zero-order chi connectivity index (χ0) is 14.9. The number of hydrogen-bond donors (Lipinski definition) is 2. The first-order chi connectivity index (χ1) is 9.43. The lowest BCUT2D eigenvalue weighted by Gasteiger charge is -2.11. The largest absolute Gasteiger partial charge is 0.496 e. The van der Waals surface area contributed by atoms with E-state index in [9.17, 15) is 4.79 Å². The van der Waals surface area contributed by atoms with Crippen LogP contribution in [0.1, 0.15) is 16.1 Å². The average Bonchev–Trinajstić information content (AvgIpc) is 2.37. The molecule has 1 aromatic carbocycles. The SMILES string of the molecule is COc1ccc(-c2nc(N)nc(C)c2C(N)=O)cc1Br. The first kappa shape index (κ1) is 14.3. The van der Waals surface area contributed by atoms with Gasteiger partial charge in [-0.25, -0.2) is 9.97 Å². The number of nitrogen functional groups attached to an aromatic ring is 1. The van der Waals surface area contributed by atoms with E-state index in [2.05, 4.69) is 25.9 Å². The van der Waals surface area contributed by atoms with Crippen LogP contribution in [0, 0.1) is 6.92 Å². The minimum atomic E-state index is -0.593. The number of primary amides is 1. The Morgan fingerprint density at radius 2 is 2.05 bits per heavy atom. The summed E-state index contributed by atoms with van der Waals surface area (Å²) in [6.07, 6.45) is 0. The molecule has 6 nitrogen and oxygen atoms in total. The number of anilines is 1. The number of aromatic nitrogens is 2. The van der Waals surface area contributed by atoms with Gasteiger partial charge in [0.15, 0.2) is 0 Å². The number of nitrogens with two attached hydrogens (primary N) is 2. The van der Waals surface area contributed by atoms with Crippen molar-refractivity contribution < 1.29 is 9.53 Å². The number of halogens is 1. The summed E-state index contributed by atoms with van der Waals surface area (Å²) in [5, 5.41) is 0. The van der Waals surface area contributed by atoms with E-state index in [1.54, 1.807) is 32.2 Å². The summed E-state index contributed by atoms with van der Waals surface area (Å²) >= 11 is 3.39. The lowest BCUT2D eigenvalue weighted by Crippen LogP contribution is -2.17. The van der Waals surface area contributed by atoms with E-state index in [-0.39, 0.29) is 11.5 Å². The van der Waals surface area contributed by atoms with Crippen LogP contribution in [0.25, 0.3) is 11.3 Å². The number of aryl methyl sites for hydroxylation is 1. The Labute approximate surface area is 124 Å². The molecule has 0 aliphatic rings. The van der Waals surface area contributed by atoms with E-state index in [4.69, 9.17) is 16.2 Å². The highest BCUT2D eigenvalue weighted by Gasteiger charge is 2.18. The molecule has 0 saturated heterocycles. The van der Waals surface area contributed by atoms with Crippen LogP contribution in [0.15, 0.2) is 22.7 Å². The van der Waals surface area contributed by atoms with Gasteiger partial charge in [-0.1, -0.05) is 0 Å². The highest BCUT2D eigenvalue weighted by atomic mass is 79.9. The second-order valence-corrected chi connectivity index (χ2v) is 4.96. The van der Waals surface area contributed by atoms with Crippen molar-refractivity contribution in [1.82, 2.24) is 9.97 Å². The molecule has 0 bridgehead atoms. The molecule has 1 aromatic heterocycles. The van der Waals surface area contributed by atoms with Gasteiger partial charge in [0.25, 0.3) is 5.91 Å². The molecule has 1 amide bonds. The van der Waals surface area contributed by atoms with Crippen LogP contribution < -0.4 is 16.2 Å². The molecule has 0 spiro atoms. The van der Waals surface area contributed by atoms with E-state index in [0.29, 0.717) is 22.7 Å². The predicted octanol–water partition coefficient (Wildman–Crippen LogP) is 1.90. The molecule has 20 heavy (non-hydrogen) atoms. The summed E-state index contributed by atoms with van der Waals surface area (Å²) < 4.78 is 5.90. The van der Waals surface area contributed by atoms with Gasteiger partial charge in [0, 0.05) is 5.56 Å². The number of nitrogens with zero attached hydrogens (tertiary/aromatic N) is 2.